The number of rotatable bonds is 2. The molecule has 1 aliphatic rings. The number of anilines is 1. The molecule has 0 aliphatic carbocycles. The summed E-state index contributed by atoms with van der Waals surface area (Å²) in [4.78, 5) is 29.6. The third-order valence-corrected chi connectivity index (χ3v) is 4.66. The number of nitrogens with one attached hydrogen (secondary N) is 1. The normalized spacial score (nSPS) is 18.6. The quantitative estimate of drug-likeness (QED) is 0.681. The first kappa shape index (κ1) is 13.3. The van der Waals surface area contributed by atoms with E-state index in [2.05, 4.69) is 10.3 Å². The Hall–Kier alpha value is -1.70. The van der Waals surface area contributed by atoms with E-state index in [4.69, 9.17) is 0 Å². The second-order valence-electron chi connectivity index (χ2n) is 4.23. The maximum Gasteiger partial charge on any atom is 0.252 e. The fourth-order valence-electron chi connectivity index (χ4n) is 2.01. The van der Waals surface area contributed by atoms with E-state index in [9.17, 15) is 9.59 Å². The topological polar surface area (TPSA) is 62.3 Å². The minimum absolute atomic E-state index is 0.184. The molecule has 0 saturated heterocycles. The van der Waals surface area contributed by atoms with Crippen molar-refractivity contribution < 1.29 is 9.59 Å². The molecule has 1 amide bonds. The summed E-state index contributed by atoms with van der Waals surface area (Å²) in [5, 5.41) is 4.95. The van der Waals surface area contributed by atoms with Gasteiger partial charge < -0.3 is 5.32 Å². The molecule has 1 N–H and O–H groups in total. The second kappa shape index (κ2) is 5.35. The van der Waals surface area contributed by atoms with Crippen LogP contribution in [0.5, 0.6) is 0 Å². The summed E-state index contributed by atoms with van der Waals surface area (Å²) in [6.07, 6.45) is 1.61. The van der Waals surface area contributed by atoms with E-state index >= 15 is 0 Å². The third kappa shape index (κ3) is 2.35. The van der Waals surface area contributed by atoms with Crippen molar-refractivity contribution in [2.45, 2.75) is 10.9 Å². The fourth-order valence-corrected chi connectivity index (χ4v) is 3.56. The van der Waals surface area contributed by atoms with Crippen LogP contribution >= 0.6 is 23.3 Å². The van der Waals surface area contributed by atoms with E-state index in [0.717, 1.165) is 4.90 Å². The fraction of sp³-hybridized carbons (Fsp3) is 0.154. The van der Waals surface area contributed by atoms with Crippen molar-refractivity contribution >= 4 is 40.1 Å². The number of carbonyl (C=O) groups excluding carboxylic acids is 2. The summed E-state index contributed by atoms with van der Waals surface area (Å²) in [7, 11) is 1.74. The number of aromatic nitrogens is 1. The maximum absolute atomic E-state index is 12.5. The summed E-state index contributed by atoms with van der Waals surface area (Å²) in [5.41, 5.74) is 0.592. The van der Waals surface area contributed by atoms with E-state index in [-0.39, 0.29) is 11.7 Å². The summed E-state index contributed by atoms with van der Waals surface area (Å²) < 4.78 is 1.67. The first-order valence-electron chi connectivity index (χ1n) is 5.91. The van der Waals surface area contributed by atoms with Gasteiger partial charge in [0.25, 0.3) is 5.91 Å². The van der Waals surface area contributed by atoms with Gasteiger partial charge in [0.1, 0.15) is 0 Å². The standard InChI is InChI=1S/C13H11N3O2S2/c1-16-10(12(18)15-13-14-6-7-19-13)11(17)8-4-2-3-5-9(8)20-16/h2-7,10H,1H3,(H,14,15,18). The molecular formula is C13H11N3O2S2. The molecule has 7 heteroatoms. The number of ketones is 1. The molecule has 0 saturated carbocycles. The van der Waals surface area contributed by atoms with Gasteiger partial charge in [-0.15, -0.1) is 11.3 Å². The van der Waals surface area contributed by atoms with Gasteiger partial charge in [-0.05, 0) is 25.1 Å². The number of fused-ring (bicyclic) bond motifs is 1. The van der Waals surface area contributed by atoms with Crippen LogP contribution in [0.15, 0.2) is 40.7 Å². The molecule has 1 atom stereocenters. The molecule has 1 aliphatic heterocycles. The Kier molecular flexibility index (Phi) is 3.56. The number of thiazole rings is 1. The number of Topliss-reactive ketones (excluding diaryl/α,β-unsaturated/α-hetero) is 1. The van der Waals surface area contributed by atoms with E-state index in [0.29, 0.717) is 10.7 Å². The number of carbonyl (C=O) groups is 2. The highest BCUT2D eigenvalue weighted by molar-refractivity contribution is 7.97. The van der Waals surface area contributed by atoms with Crippen LogP contribution in [-0.2, 0) is 4.79 Å². The molecule has 0 bridgehead atoms. The van der Waals surface area contributed by atoms with Gasteiger partial charge in [-0.1, -0.05) is 18.2 Å². The van der Waals surface area contributed by atoms with Crippen molar-refractivity contribution in [3.8, 4) is 0 Å². The van der Waals surface area contributed by atoms with Gasteiger partial charge in [-0.2, -0.15) is 0 Å². The molecule has 0 spiro atoms. The van der Waals surface area contributed by atoms with E-state index < -0.39 is 6.04 Å². The van der Waals surface area contributed by atoms with Crippen molar-refractivity contribution in [3.63, 3.8) is 0 Å². The SMILES string of the molecule is CN1Sc2ccccc2C(=O)C1C(=O)Nc1nccs1. The lowest BCUT2D eigenvalue weighted by atomic mass is 10.0. The molecule has 1 aromatic carbocycles. The molecule has 2 heterocycles. The molecule has 1 unspecified atom stereocenters. The minimum atomic E-state index is -0.834. The molecule has 20 heavy (non-hydrogen) atoms. The molecule has 1 aromatic heterocycles. The van der Waals surface area contributed by atoms with Crippen LogP contribution in [-0.4, -0.2) is 34.1 Å². The van der Waals surface area contributed by atoms with Gasteiger partial charge >= 0.3 is 0 Å². The van der Waals surface area contributed by atoms with Crippen LogP contribution in [0.2, 0.25) is 0 Å². The number of likely N-dealkylation sites (N-methyl/N-ethyl adjacent to an activating group) is 1. The van der Waals surface area contributed by atoms with Crippen molar-refractivity contribution in [2.24, 2.45) is 0 Å². The highest BCUT2D eigenvalue weighted by Gasteiger charge is 2.37. The lowest BCUT2D eigenvalue weighted by molar-refractivity contribution is -0.118. The second-order valence-corrected chi connectivity index (χ2v) is 6.32. The Labute approximate surface area is 124 Å². The highest BCUT2D eigenvalue weighted by atomic mass is 32.2. The van der Waals surface area contributed by atoms with Gasteiger partial charge in [0.05, 0.1) is 0 Å². The third-order valence-electron chi connectivity index (χ3n) is 2.92. The summed E-state index contributed by atoms with van der Waals surface area (Å²) in [6.45, 7) is 0. The first-order chi connectivity index (χ1) is 9.66. The van der Waals surface area contributed by atoms with Crippen LogP contribution in [0.4, 0.5) is 5.13 Å². The van der Waals surface area contributed by atoms with Gasteiger partial charge in [0, 0.05) is 22.0 Å². The van der Waals surface area contributed by atoms with Crippen LogP contribution in [0.25, 0.3) is 0 Å². The zero-order chi connectivity index (χ0) is 14.1. The Bertz CT molecular complexity index is 657. The zero-order valence-electron chi connectivity index (χ0n) is 10.6. The smallest absolute Gasteiger partial charge is 0.252 e. The number of hydrogen-bond donors (Lipinski definition) is 1. The Balaban J connectivity index is 1.87. The van der Waals surface area contributed by atoms with Crippen LogP contribution < -0.4 is 5.32 Å². The van der Waals surface area contributed by atoms with Crippen LogP contribution in [0.1, 0.15) is 10.4 Å². The number of nitrogens with zero attached hydrogens (tertiary/aromatic N) is 2. The molecule has 0 radical (unpaired) electrons. The molecule has 2 aromatic rings. The lowest BCUT2D eigenvalue weighted by Gasteiger charge is -2.30. The van der Waals surface area contributed by atoms with Crippen molar-refractivity contribution in [3.05, 3.63) is 41.4 Å². The van der Waals surface area contributed by atoms with E-state index in [1.165, 1.54) is 23.3 Å². The van der Waals surface area contributed by atoms with Crippen LogP contribution in [0.3, 0.4) is 0 Å². The van der Waals surface area contributed by atoms with Gasteiger partial charge in [-0.25, -0.2) is 9.29 Å². The molecule has 0 fully saturated rings. The monoisotopic (exact) mass is 305 g/mol. The average molecular weight is 305 g/mol. The first-order valence-corrected chi connectivity index (χ1v) is 7.56. The molecule has 102 valence electrons. The number of hydrogen-bond acceptors (Lipinski definition) is 6. The Morgan fingerprint density at radius 2 is 2.20 bits per heavy atom. The van der Waals surface area contributed by atoms with Crippen molar-refractivity contribution in [1.29, 1.82) is 0 Å². The molecule has 3 rings (SSSR count). The van der Waals surface area contributed by atoms with Crippen molar-refractivity contribution in [1.82, 2.24) is 9.29 Å². The van der Waals surface area contributed by atoms with E-state index in [1.54, 1.807) is 35.1 Å². The minimum Gasteiger partial charge on any atom is -0.300 e. The number of benzene rings is 1. The molecule has 5 nitrogen and oxygen atoms in total. The summed E-state index contributed by atoms with van der Waals surface area (Å²) >= 11 is 2.72. The van der Waals surface area contributed by atoms with Gasteiger partial charge in [0.15, 0.2) is 17.0 Å². The van der Waals surface area contributed by atoms with Gasteiger partial charge in [-0.3, -0.25) is 9.59 Å². The van der Waals surface area contributed by atoms with Crippen molar-refractivity contribution in [2.75, 3.05) is 12.4 Å². The highest BCUT2D eigenvalue weighted by Crippen LogP contribution is 2.34. The maximum atomic E-state index is 12.5. The Morgan fingerprint density at radius 1 is 1.40 bits per heavy atom. The lowest BCUT2D eigenvalue weighted by Crippen LogP contribution is -2.46. The van der Waals surface area contributed by atoms with Crippen LogP contribution in [0, 0.1) is 0 Å². The predicted molar refractivity (Wildman–Crippen MR) is 78.9 cm³/mol. The Morgan fingerprint density at radius 3 is 2.95 bits per heavy atom. The number of amides is 1. The zero-order valence-corrected chi connectivity index (χ0v) is 12.2. The van der Waals surface area contributed by atoms with E-state index in [1.807, 2.05) is 12.1 Å². The summed E-state index contributed by atoms with van der Waals surface area (Å²) in [6, 6.07) is 6.48. The summed E-state index contributed by atoms with van der Waals surface area (Å²) in [5.74, 6) is -0.537. The molecular weight excluding hydrogens is 294 g/mol. The van der Waals surface area contributed by atoms with Gasteiger partial charge in [0.2, 0.25) is 0 Å². The average Bonchev–Trinajstić information content (AvgIpc) is 2.91. The predicted octanol–water partition coefficient (Wildman–Crippen LogP) is 2.29. The largest absolute Gasteiger partial charge is 0.300 e.